The Labute approximate surface area is 106 Å². The molecule has 0 fully saturated rings. The Morgan fingerprint density at radius 2 is 1.89 bits per heavy atom. The summed E-state index contributed by atoms with van der Waals surface area (Å²) >= 11 is 0. The average molecular weight is 260 g/mol. The maximum absolute atomic E-state index is 13.7. The summed E-state index contributed by atoms with van der Waals surface area (Å²) in [6.07, 6.45) is -2.38. The highest BCUT2D eigenvalue weighted by Crippen LogP contribution is 2.17. The number of nitrogens with zero attached hydrogens (tertiary/aromatic N) is 1. The van der Waals surface area contributed by atoms with Crippen LogP contribution in [-0.4, -0.2) is 38.0 Å². The first-order chi connectivity index (χ1) is 8.54. The zero-order valence-electron chi connectivity index (χ0n) is 10.7. The second-order valence-corrected chi connectivity index (χ2v) is 4.24. The number of hydrogen-bond donors (Lipinski definition) is 1. The largest absolute Gasteiger partial charge is 0.309 e. The van der Waals surface area contributed by atoms with Crippen LogP contribution >= 0.6 is 0 Å². The lowest BCUT2D eigenvalue weighted by Crippen LogP contribution is -2.35. The first kappa shape index (κ1) is 15.0. The molecule has 1 aromatic carbocycles. The van der Waals surface area contributed by atoms with Crippen LogP contribution in [-0.2, 0) is 0 Å². The van der Waals surface area contributed by atoms with Gasteiger partial charge in [-0.2, -0.15) is 0 Å². The molecule has 0 bridgehead atoms. The van der Waals surface area contributed by atoms with Crippen molar-refractivity contribution in [2.75, 3.05) is 26.7 Å². The molecule has 0 aliphatic heterocycles. The lowest BCUT2D eigenvalue weighted by atomic mass is 10.1. The number of benzene rings is 1. The molecule has 0 saturated carbocycles. The molecule has 0 aliphatic carbocycles. The molecule has 5 heteroatoms. The Bertz CT molecular complexity index is 358. The van der Waals surface area contributed by atoms with Crippen LogP contribution < -0.4 is 5.32 Å². The Balaban J connectivity index is 2.74. The number of hydrogen-bond acceptors (Lipinski definition) is 2. The van der Waals surface area contributed by atoms with Gasteiger partial charge in [0.25, 0.3) is 6.43 Å². The Morgan fingerprint density at radius 3 is 2.44 bits per heavy atom. The third-order valence-electron chi connectivity index (χ3n) is 2.68. The molecule has 18 heavy (non-hydrogen) atoms. The lowest BCUT2D eigenvalue weighted by Gasteiger charge is -2.25. The molecule has 0 amide bonds. The smallest absolute Gasteiger partial charge is 0.251 e. The van der Waals surface area contributed by atoms with Crippen LogP contribution in [0.1, 0.15) is 18.5 Å². The first-order valence-electron chi connectivity index (χ1n) is 5.99. The van der Waals surface area contributed by atoms with Crippen LogP contribution in [0.5, 0.6) is 0 Å². The van der Waals surface area contributed by atoms with Crippen LogP contribution in [0.4, 0.5) is 13.2 Å². The van der Waals surface area contributed by atoms with Crippen molar-refractivity contribution in [1.82, 2.24) is 10.2 Å². The topological polar surface area (TPSA) is 15.3 Å². The van der Waals surface area contributed by atoms with Crippen molar-refractivity contribution in [2.45, 2.75) is 19.4 Å². The van der Waals surface area contributed by atoms with Gasteiger partial charge in [0.15, 0.2) is 0 Å². The summed E-state index contributed by atoms with van der Waals surface area (Å²) in [5, 5.41) is 3.12. The van der Waals surface area contributed by atoms with Crippen LogP contribution in [0.3, 0.4) is 0 Å². The van der Waals surface area contributed by atoms with E-state index >= 15 is 0 Å². The van der Waals surface area contributed by atoms with Gasteiger partial charge in [-0.25, -0.2) is 13.2 Å². The fourth-order valence-corrected chi connectivity index (χ4v) is 1.90. The molecule has 0 heterocycles. The van der Waals surface area contributed by atoms with Crippen molar-refractivity contribution in [3.05, 3.63) is 35.6 Å². The van der Waals surface area contributed by atoms with Gasteiger partial charge in [-0.05, 0) is 19.7 Å². The minimum atomic E-state index is -2.38. The number of alkyl halides is 2. The maximum Gasteiger partial charge on any atom is 0.251 e. The summed E-state index contributed by atoms with van der Waals surface area (Å²) in [6.45, 7) is 2.60. The fourth-order valence-electron chi connectivity index (χ4n) is 1.90. The van der Waals surface area contributed by atoms with E-state index in [9.17, 15) is 13.2 Å². The van der Waals surface area contributed by atoms with E-state index in [0.717, 1.165) is 0 Å². The van der Waals surface area contributed by atoms with Gasteiger partial charge in [-0.1, -0.05) is 25.1 Å². The van der Waals surface area contributed by atoms with Gasteiger partial charge in [-0.15, -0.1) is 0 Å². The third kappa shape index (κ3) is 4.66. The van der Waals surface area contributed by atoms with E-state index in [1.165, 1.54) is 11.0 Å². The van der Waals surface area contributed by atoms with Gasteiger partial charge >= 0.3 is 0 Å². The molecule has 1 rings (SSSR count). The Morgan fingerprint density at radius 1 is 1.22 bits per heavy atom. The van der Waals surface area contributed by atoms with Crippen LogP contribution in [0.2, 0.25) is 0 Å². The van der Waals surface area contributed by atoms with Gasteiger partial charge in [0.1, 0.15) is 5.82 Å². The van der Waals surface area contributed by atoms with Gasteiger partial charge in [0.05, 0.1) is 6.54 Å². The van der Waals surface area contributed by atoms with Crippen molar-refractivity contribution in [3.63, 3.8) is 0 Å². The van der Waals surface area contributed by atoms with Crippen LogP contribution in [0, 0.1) is 5.82 Å². The first-order valence-corrected chi connectivity index (χ1v) is 5.99. The molecule has 1 unspecified atom stereocenters. The molecule has 0 aromatic heterocycles. The second-order valence-electron chi connectivity index (χ2n) is 4.24. The van der Waals surface area contributed by atoms with Gasteiger partial charge in [0, 0.05) is 18.2 Å². The van der Waals surface area contributed by atoms with Crippen molar-refractivity contribution in [3.8, 4) is 0 Å². The predicted octanol–water partition coefficient (Wildman–Crippen LogP) is 2.67. The molecular weight excluding hydrogens is 241 g/mol. The van der Waals surface area contributed by atoms with Crippen molar-refractivity contribution in [2.24, 2.45) is 0 Å². The number of halogens is 3. The highest BCUT2D eigenvalue weighted by atomic mass is 19.3. The summed E-state index contributed by atoms with van der Waals surface area (Å²) in [6, 6.07) is 6.15. The standard InChI is InChI=1S/C13H19F3N2/c1-3-17-12(8-18(2)9-13(15)16)10-6-4-5-7-11(10)14/h4-7,12-13,17H,3,8-9H2,1-2H3. The van der Waals surface area contributed by atoms with Gasteiger partial charge in [-0.3, -0.25) is 4.90 Å². The maximum atomic E-state index is 13.7. The summed E-state index contributed by atoms with van der Waals surface area (Å²) < 4.78 is 38.2. The van der Waals surface area contributed by atoms with E-state index in [4.69, 9.17) is 0 Å². The highest BCUT2D eigenvalue weighted by molar-refractivity contribution is 5.21. The monoisotopic (exact) mass is 260 g/mol. The van der Waals surface area contributed by atoms with E-state index in [2.05, 4.69) is 5.32 Å². The SMILES string of the molecule is CCNC(CN(C)CC(F)F)c1ccccc1F. The summed E-state index contributed by atoms with van der Waals surface area (Å²) in [7, 11) is 1.61. The van der Waals surface area contributed by atoms with Crippen molar-refractivity contribution < 1.29 is 13.2 Å². The molecule has 1 N–H and O–H groups in total. The summed E-state index contributed by atoms with van der Waals surface area (Å²) in [5.74, 6) is -0.311. The predicted molar refractivity (Wildman–Crippen MR) is 66.3 cm³/mol. The number of likely N-dealkylation sites (N-methyl/N-ethyl adjacent to an activating group) is 2. The number of nitrogens with one attached hydrogen (secondary N) is 1. The van der Waals surface area contributed by atoms with Gasteiger partial charge < -0.3 is 5.32 Å². The zero-order chi connectivity index (χ0) is 13.5. The molecule has 1 aromatic rings. The molecule has 1 atom stereocenters. The quantitative estimate of drug-likeness (QED) is 0.811. The second kappa shape index (κ2) is 7.38. The van der Waals surface area contributed by atoms with E-state index in [0.29, 0.717) is 18.7 Å². The van der Waals surface area contributed by atoms with Crippen molar-refractivity contribution in [1.29, 1.82) is 0 Å². The summed E-state index contributed by atoms with van der Waals surface area (Å²) in [5.41, 5.74) is 0.514. The zero-order valence-corrected chi connectivity index (χ0v) is 10.7. The molecule has 0 aliphatic rings. The molecular formula is C13H19F3N2. The van der Waals surface area contributed by atoms with E-state index in [1.54, 1.807) is 25.2 Å². The van der Waals surface area contributed by atoms with Crippen LogP contribution in [0.15, 0.2) is 24.3 Å². The molecule has 2 nitrogen and oxygen atoms in total. The van der Waals surface area contributed by atoms with E-state index in [-0.39, 0.29) is 18.4 Å². The third-order valence-corrected chi connectivity index (χ3v) is 2.68. The Kier molecular flexibility index (Phi) is 6.15. The normalized spacial score (nSPS) is 13.3. The highest BCUT2D eigenvalue weighted by Gasteiger charge is 2.18. The number of rotatable bonds is 7. The minimum absolute atomic E-state index is 0.278. The van der Waals surface area contributed by atoms with Gasteiger partial charge in [0.2, 0.25) is 0 Å². The molecule has 102 valence electrons. The molecule has 0 saturated heterocycles. The van der Waals surface area contributed by atoms with E-state index < -0.39 is 6.43 Å². The van der Waals surface area contributed by atoms with Crippen LogP contribution in [0.25, 0.3) is 0 Å². The van der Waals surface area contributed by atoms with E-state index in [1.807, 2.05) is 6.92 Å². The lowest BCUT2D eigenvalue weighted by molar-refractivity contribution is 0.0958. The average Bonchev–Trinajstić information content (AvgIpc) is 2.28. The summed E-state index contributed by atoms with van der Waals surface area (Å²) in [4.78, 5) is 1.50. The van der Waals surface area contributed by atoms with Crippen molar-refractivity contribution >= 4 is 0 Å². The molecule has 0 spiro atoms. The Hall–Kier alpha value is -1.07. The molecule has 0 radical (unpaired) electrons. The minimum Gasteiger partial charge on any atom is -0.309 e. The fraction of sp³-hybridized carbons (Fsp3) is 0.538.